The van der Waals surface area contributed by atoms with Crippen LogP contribution >= 0.6 is 0 Å². The van der Waals surface area contributed by atoms with Crippen LogP contribution < -0.4 is 22.7 Å². The molecule has 0 saturated carbocycles. The van der Waals surface area contributed by atoms with Crippen molar-refractivity contribution in [2.45, 2.75) is 13.8 Å². The normalized spacial score (nSPS) is 10.8. The molecule has 0 bridgehead atoms. The van der Waals surface area contributed by atoms with E-state index < -0.39 is 0 Å². The highest BCUT2D eigenvalue weighted by molar-refractivity contribution is 6.04. The molecule has 0 heterocycles. The van der Waals surface area contributed by atoms with E-state index in [1.807, 2.05) is 24.3 Å². The molecule has 0 spiro atoms. The summed E-state index contributed by atoms with van der Waals surface area (Å²) >= 11 is 0. The fourth-order valence-electron chi connectivity index (χ4n) is 2.50. The standard InChI is InChI=1S/C21H20N2.ClH/c1-16-9-8-13-19(15-16)22-21(18-11-4-3-5-12-18)23-20-14-7-6-10-17(20)2;/h3-15H,1-2H3,(H,22,23);1H. The van der Waals surface area contributed by atoms with Crippen molar-refractivity contribution in [1.82, 2.24) is 0 Å². The summed E-state index contributed by atoms with van der Waals surface area (Å²) in [5, 5.41) is 3.52. The number of hydrogen-bond acceptors (Lipinski definition) is 0. The number of halogens is 1. The van der Waals surface area contributed by atoms with Crippen molar-refractivity contribution in [3.05, 3.63) is 95.6 Å². The van der Waals surface area contributed by atoms with Crippen LogP contribution in [-0.2, 0) is 0 Å². The third-order valence-electron chi connectivity index (χ3n) is 3.75. The van der Waals surface area contributed by atoms with Crippen molar-refractivity contribution in [2.75, 3.05) is 5.32 Å². The molecule has 0 aromatic heterocycles. The molecule has 0 amide bonds. The van der Waals surface area contributed by atoms with Crippen LogP contribution in [0.5, 0.6) is 0 Å². The molecular weight excluding hydrogens is 316 g/mol. The Morgan fingerprint density at radius 3 is 2.21 bits per heavy atom. The van der Waals surface area contributed by atoms with Gasteiger partial charge in [-0.3, -0.25) is 0 Å². The lowest BCUT2D eigenvalue weighted by molar-refractivity contribution is -0.353. The molecular formula is C21H21ClN2. The highest BCUT2D eigenvalue weighted by Gasteiger charge is 2.12. The second kappa shape index (κ2) is 8.32. The van der Waals surface area contributed by atoms with Gasteiger partial charge in [-0.2, -0.15) is 0 Å². The summed E-state index contributed by atoms with van der Waals surface area (Å²) < 4.78 is 0. The lowest BCUT2D eigenvalue weighted by atomic mass is 10.1. The molecule has 0 aliphatic carbocycles. The predicted octanol–water partition coefficient (Wildman–Crippen LogP) is 0.578. The molecule has 0 unspecified atom stereocenters. The summed E-state index contributed by atoms with van der Waals surface area (Å²) in [5.41, 5.74) is 5.75. The Morgan fingerprint density at radius 1 is 0.792 bits per heavy atom. The third-order valence-corrected chi connectivity index (χ3v) is 3.75. The molecule has 0 atom stereocenters. The zero-order valence-electron chi connectivity index (χ0n) is 13.9. The summed E-state index contributed by atoms with van der Waals surface area (Å²) in [6.07, 6.45) is 0. The van der Waals surface area contributed by atoms with Gasteiger partial charge in [-0.25, -0.2) is 10.3 Å². The monoisotopic (exact) mass is 336 g/mol. The maximum atomic E-state index is 3.54. The minimum atomic E-state index is 0. The van der Waals surface area contributed by atoms with Gasteiger partial charge in [0.05, 0.1) is 5.56 Å². The van der Waals surface area contributed by atoms with E-state index in [1.54, 1.807) is 0 Å². The molecule has 3 heteroatoms. The van der Waals surface area contributed by atoms with E-state index in [2.05, 4.69) is 78.8 Å². The Morgan fingerprint density at radius 2 is 1.50 bits per heavy atom. The number of rotatable bonds is 3. The number of amidine groups is 1. The van der Waals surface area contributed by atoms with Crippen LogP contribution in [0.15, 0.2) is 78.9 Å². The summed E-state index contributed by atoms with van der Waals surface area (Å²) in [6.45, 7) is 4.21. The van der Waals surface area contributed by atoms with Crippen LogP contribution in [0.4, 0.5) is 11.4 Å². The second-order valence-electron chi connectivity index (χ2n) is 5.68. The van der Waals surface area contributed by atoms with E-state index in [1.165, 1.54) is 11.1 Å². The van der Waals surface area contributed by atoms with Gasteiger partial charge in [0.25, 0.3) is 5.84 Å². The average molecular weight is 337 g/mol. The van der Waals surface area contributed by atoms with Crippen molar-refractivity contribution in [3.63, 3.8) is 0 Å². The van der Waals surface area contributed by atoms with Crippen LogP contribution in [0, 0.1) is 13.8 Å². The van der Waals surface area contributed by atoms with Crippen LogP contribution in [0.2, 0.25) is 0 Å². The van der Waals surface area contributed by atoms with Crippen molar-refractivity contribution < 1.29 is 17.4 Å². The Balaban J connectivity index is 0.00000208. The second-order valence-corrected chi connectivity index (χ2v) is 5.68. The Bertz CT molecular complexity index is 826. The lowest BCUT2D eigenvalue weighted by Gasteiger charge is -2.06. The molecule has 2 nitrogen and oxygen atoms in total. The first-order valence-corrected chi connectivity index (χ1v) is 7.81. The lowest BCUT2D eigenvalue weighted by Crippen LogP contribution is -3.00. The van der Waals surface area contributed by atoms with Gasteiger partial charge in [0, 0.05) is 0 Å². The summed E-state index contributed by atoms with van der Waals surface area (Å²) in [4.78, 5) is 3.54. The van der Waals surface area contributed by atoms with Crippen molar-refractivity contribution >= 4 is 17.2 Å². The minimum Gasteiger partial charge on any atom is -1.00 e. The zero-order chi connectivity index (χ0) is 16.1. The molecule has 3 rings (SSSR count). The quantitative estimate of drug-likeness (QED) is 0.531. The van der Waals surface area contributed by atoms with Crippen LogP contribution in [0.25, 0.3) is 0 Å². The highest BCUT2D eigenvalue weighted by Crippen LogP contribution is 2.11. The summed E-state index contributed by atoms with van der Waals surface area (Å²) in [6, 6.07) is 27.0. The van der Waals surface area contributed by atoms with E-state index in [4.69, 9.17) is 0 Å². The molecule has 3 aromatic rings. The Hall–Kier alpha value is -2.58. The van der Waals surface area contributed by atoms with Gasteiger partial charge in [0.2, 0.25) is 0 Å². The summed E-state index contributed by atoms with van der Waals surface area (Å²) in [5.74, 6) is 0.977. The van der Waals surface area contributed by atoms with Gasteiger partial charge >= 0.3 is 0 Å². The third kappa shape index (κ3) is 4.46. The predicted molar refractivity (Wildman–Crippen MR) is 97.2 cm³/mol. The average Bonchev–Trinajstić information content (AvgIpc) is 2.57. The molecule has 122 valence electrons. The highest BCUT2D eigenvalue weighted by atomic mass is 35.5. The SMILES string of the molecule is Cc1cccc(NC(=[NH+]c2ccccc2C)c2ccccc2)c1.[Cl-]. The first-order valence-electron chi connectivity index (χ1n) is 7.81. The van der Waals surface area contributed by atoms with Crippen molar-refractivity contribution in [2.24, 2.45) is 0 Å². The van der Waals surface area contributed by atoms with Crippen LogP contribution in [-0.4, -0.2) is 5.84 Å². The number of anilines is 1. The van der Waals surface area contributed by atoms with Gasteiger partial charge in [-0.1, -0.05) is 48.5 Å². The van der Waals surface area contributed by atoms with E-state index in [0.29, 0.717) is 0 Å². The fourth-order valence-corrected chi connectivity index (χ4v) is 2.50. The Kier molecular flexibility index (Phi) is 6.16. The molecule has 24 heavy (non-hydrogen) atoms. The maximum Gasteiger partial charge on any atom is 0.285 e. The minimum absolute atomic E-state index is 0. The molecule has 2 N–H and O–H groups in total. The van der Waals surface area contributed by atoms with Crippen molar-refractivity contribution in [1.29, 1.82) is 0 Å². The fraction of sp³-hybridized carbons (Fsp3) is 0.0952. The molecule has 0 fully saturated rings. The van der Waals surface area contributed by atoms with Gasteiger partial charge in [-0.05, 0) is 55.3 Å². The maximum absolute atomic E-state index is 3.54. The van der Waals surface area contributed by atoms with Gasteiger partial charge < -0.3 is 12.4 Å². The topological polar surface area (TPSA) is 26.0 Å². The number of nitrogens with one attached hydrogen (secondary N) is 2. The van der Waals surface area contributed by atoms with Crippen molar-refractivity contribution in [3.8, 4) is 0 Å². The molecule has 0 saturated heterocycles. The molecule has 0 aliphatic heterocycles. The van der Waals surface area contributed by atoms with Crippen LogP contribution in [0.1, 0.15) is 16.7 Å². The molecule has 3 aromatic carbocycles. The van der Waals surface area contributed by atoms with Gasteiger partial charge in [0.15, 0.2) is 0 Å². The van der Waals surface area contributed by atoms with E-state index in [-0.39, 0.29) is 12.4 Å². The van der Waals surface area contributed by atoms with Crippen LogP contribution in [0.3, 0.4) is 0 Å². The number of aryl methyl sites for hydroxylation is 2. The Labute approximate surface area is 149 Å². The molecule has 0 radical (unpaired) electrons. The van der Waals surface area contributed by atoms with E-state index in [0.717, 1.165) is 22.8 Å². The molecule has 0 aliphatic rings. The number of hydrogen-bond donors (Lipinski definition) is 2. The largest absolute Gasteiger partial charge is 1.00 e. The van der Waals surface area contributed by atoms with Gasteiger partial charge in [-0.15, -0.1) is 0 Å². The first kappa shape index (κ1) is 17.8. The first-order chi connectivity index (χ1) is 11.2. The zero-order valence-corrected chi connectivity index (χ0v) is 14.6. The number of benzene rings is 3. The number of para-hydroxylation sites is 1. The van der Waals surface area contributed by atoms with E-state index >= 15 is 0 Å². The summed E-state index contributed by atoms with van der Waals surface area (Å²) in [7, 11) is 0. The smallest absolute Gasteiger partial charge is 0.285 e. The van der Waals surface area contributed by atoms with Gasteiger partial charge in [0.1, 0.15) is 11.4 Å². The van der Waals surface area contributed by atoms with E-state index in [9.17, 15) is 0 Å².